The van der Waals surface area contributed by atoms with Crippen LogP contribution in [0.3, 0.4) is 0 Å². The molecule has 1 spiro atoms. The number of ether oxygens (including phenoxy) is 1. The van der Waals surface area contributed by atoms with E-state index in [1.165, 1.54) is 6.07 Å². The third kappa shape index (κ3) is 4.34. The maximum atomic E-state index is 13.3. The molecule has 3 aromatic carbocycles. The highest BCUT2D eigenvalue weighted by Gasteiger charge is 2.46. The molecule has 2 aliphatic rings. The number of para-hydroxylation sites is 1. The quantitative estimate of drug-likeness (QED) is 0.519. The van der Waals surface area contributed by atoms with Gasteiger partial charge in [0.05, 0.1) is 23.5 Å². The fraction of sp³-hybridized carbons (Fsp3) is 0.214. The van der Waals surface area contributed by atoms with Gasteiger partial charge in [0, 0.05) is 48.4 Å². The van der Waals surface area contributed by atoms with Gasteiger partial charge in [0.2, 0.25) is 10.0 Å². The van der Waals surface area contributed by atoms with Crippen LogP contribution in [-0.4, -0.2) is 39.1 Å². The van der Waals surface area contributed by atoms with E-state index in [1.54, 1.807) is 12.1 Å². The van der Waals surface area contributed by atoms with Crippen LogP contribution in [0.5, 0.6) is 5.75 Å². The summed E-state index contributed by atoms with van der Waals surface area (Å²) in [6.07, 6.45) is 2.23. The Morgan fingerprint density at radius 2 is 1.72 bits per heavy atom. The zero-order valence-corrected chi connectivity index (χ0v) is 20.6. The second-order valence-corrected chi connectivity index (χ2v) is 10.9. The van der Waals surface area contributed by atoms with Crippen LogP contribution in [0, 0.1) is 11.3 Å². The lowest BCUT2D eigenvalue weighted by molar-refractivity contribution is 0.0585. The minimum atomic E-state index is -3.47. The molecule has 0 amide bonds. The number of carbonyl (C=O) groups excluding carboxylic acids is 1. The number of hydrogen-bond acceptors (Lipinski definition) is 6. The van der Waals surface area contributed by atoms with E-state index in [4.69, 9.17) is 10.00 Å². The van der Waals surface area contributed by atoms with Crippen LogP contribution in [0.2, 0.25) is 0 Å². The number of rotatable bonds is 4. The van der Waals surface area contributed by atoms with Gasteiger partial charge in [-0.15, -0.1) is 0 Å². The Kier molecular flexibility index (Phi) is 5.81. The third-order valence-corrected chi connectivity index (χ3v) is 7.40. The molecule has 2 aliphatic heterocycles. The Balaban J connectivity index is 1.38. The second-order valence-electron chi connectivity index (χ2n) is 9.18. The van der Waals surface area contributed by atoms with Crippen LogP contribution in [0.25, 0.3) is 11.1 Å². The van der Waals surface area contributed by atoms with E-state index < -0.39 is 15.6 Å². The first-order valence-corrected chi connectivity index (χ1v) is 13.5. The molecule has 3 aromatic rings. The molecule has 1 N–H and O–H groups in total. The molecule has 0 atom stereocenters. The SMILES string of the molecule is C=C1C(=O)c2cc(NS(C)(=O)=O)ccc2OC12CCN(c1ccccc1-c1ccc(C#N)cc1)CC2. The van der Waals surface area contributed by atoms with Crippen LogP contribution < -0.4 is 14.4 Å². The monoisotopic (exact) mass is 499 g/mol. The lowest BCUT2D eigenvalue weighted by atomic mass is 9.78. The molecule has 1 saturated heterocycles. The van der Waals surface area contributed by atoms with E-state index in [2.05, 4.69) is 34.4 Å². The number of carbonyl (C=O) groups is 1. The number of hydrogen-bond donors (Lipinski definition) is 1. The first kappa shape index (κ1) is 23.6. The van der Waals surface area contributed by atoms with Crippen molar-refractivity contribution in [3.05, 3.63) is 90.0 Å². The summed E-state index contributed by atoms with van der Waals surface area (Å²) in [6, 6.07) is 22.6. The van der Waals surface area contributed by atoms with Crippen molar-refractivity contribution < 1.29 is 17.9 Å². The molecular formula is C28H25N3O4S. The molecular weight excluding hydrogens is 474 g/mol. The first-order chi connectivity index (χ1) is 17.2. The number of nitrogens with one attached hydrogen (secondary N) is 1. The van der Waals surface area contributed by atoms with Crippen molar-refractivity contribution in [2.24, 2.45) is 0 Å². The van der Waals surface area contributed by atoms with Gasteiger partial charge in [-0.1, -0.05) is 36.9 Å². The van der Waals surface area contributed by atoms with Gasteiger partial charge in [0.15, 0.2) is 5.78 Å². The number of sulfonamides is 1. The summed E-state index contributed by atoms with van der Waals surface area (Å²) >= 11 is 0. The Morgan fingerprint density at radius 1 is 1.03 bits per heavy atom. The lowest BCUT2D eigenvalue weighted by Crippen LogP contribution is -2.52. The molecule has 1 fully saturated rings. The Morgan fingerprint density at radius 3 is 2.39 bits per heavy atom. The van der Waals surface area contributed by atoms with Gasteiger partial charge in [0.1, 0.15) is 11.4 Å². The standard InChI is InChI=1S/C28H25N3O4S/c1-19-27(32)24-17-22(30-36(2,33)34)11-12-26(24)35-28(19)13-15-31(16-14-28)25-6-4-3-5-23(25)21-9-7-20(18-29)8-10-21/h3-12,17,30H,1,13-16H2,2H3. The van der Waals surface area contributed by atoms with Crippen molar-refractivity contribution in [2.75, 3.05) is 29.0 Å². The number of nitrogens with zero attached hydrogens (tertiary/aromatic N) is 2. The maximum Gasteiger partial charge on any atom is 0.229 e. The van der Waals surface area contributed by atoms with Gasteiger partial charge in [-0.25, -0.2) is 8.42 Å². The zero-order chi connectivity index (χ0) is 25.5. The van der Waals surface area contributed by atoms with Crippen LogP contribution in [-0.2, 0) is 10.0 Å². The Bertz CT molecular complexity index is 1510. The van der Waals surface area contributed by atoms with E-state index in [1.807, 2.05) is 36.4 Å². The first-order valence-electron chi connectivity index (χ1n) is 11.6. The highest BCUT2D eigenvalue weighted by atomic mass is 32.2. The summed E-state index contributed by atoms with van der Waals surface area (Å²) < 4.78 is 32.0. The van der Waals surface area contributed by atoms with Gasteiger partial charge < -0.3 is 9.64 Å². The predicted molar refractivity (Wildman–Crippen MR) is 140 cm³/mol. The molecule has 0 radical (unpaired) electrons. The Hall–Kier alpha value is -4.09. The van der Waals surface area contributed by atoms with Gasteiger partial charge in [-0.2, -0.15) is 5.26 Å². The molecule has 7 nitrogen and oxygen atoms in total. The minimum Gasteiger partial charge on any atom is -0.482 e. The number of Topliss-reactive ketones (excluding diaryl/α,β-unsaturated/α-hetero) is 1. The van der Waals surface area contributed by atoms with Crippen LogP contribution in [0.15, 0.2) is 78.9 Å². The third-order valence-electron chi connectivity index (χ3n) is 6.80. The fourth-order valence-corrected chi connectivity index (χ4v) is 5.50. The summed E-state index contributed by atoms with van der Waals surface area (Å²) in [7, 11) is -3.47. The van der Waals surface area contributed by atoms with Gasteiger partial charge in [-0.05, 0) is 42.0 Å². The highest BCUT2D eigenvalue weighted by Crippen LogP contribution is 2.44. The molecule has 36 heavy (non-hydrogen) atoms. The van der Waals surface area contributed by atoms with Crippen molar-refractivity contribution in [3.63, 3.8) is 0 Å². The molecule has 0 unspecified atom stereocenters. The van der Waals surface area contributed by atoms with Crippen molar-refractivity contribution >= 4 is 27.2 Å². The summed E-state index contributed by atoms with van der Waals surface area (Å²) in [5, 5.41) is 9.11. The number of anilines is 2. The van der Waals surface area contributed by atoms with E-state index in [0.29, 0.717) is 54.1 Å². The molecule has 5 rings (SSSR count). The topological polar surface area (TPSA) is 99.5 Å². The summed E-state index contributed by atoms with van der Waals surface area (Å²) in [5.41, 5.74) is 4.04. The van der Waals surface area contributed by atoms with Gasteiger partial charge >= 0.3 is 0 Å². The largest absolute Gasteiger partial charge is 0.482 e. The fourth-order valence-electron chi connectivity index (χ4n) is 4.95. The van der Waals surface area contributed by atoms with Crippen LogP contribution in [0.4, 0.5) is 11.4 Å². The summed E-state index contributed by atoms with van der Waals surface area (Å²) in [5.74, 6) is 0.220. The minimum absolute atomic E-state index is 0.222. The average molecular weight is 500 g/mol. The number of ketones is 1. The number of nitriles is 1. The smallest absolute Gasteiger partial charge is 0.229 e. The van der Waals surface area contributed by atoms with Crippen molar-refractivity contribution in [3.8, 4) is 22.9 Å². The number of piperidine rings is 1. The number of benzene rings is 3. The summed E-state index contributed by atoms with van der Waals surface area (Å²) in [6.45, 7) is 5.44. The molecule has 0 aromatic heterocycles. The van der Waals surface area contributed by atoms with Crippen LogP contribution in [0.1, 0.15) is 28.8 Å². The second kappa shape index (κ2) is 8.85. The Labute approximate surface area is 210 Å². The van der Waals surface area contributed by atoms with Crippen molar-refractivity contribution in [1.29, 1.82) is 5.26 Å². The number of fused-ring (bicyclic) bond motifs is 1. The van der Waals surface area contributed by atoms with E-state index in [-0.39, 0.29) is 5.78 Å². The highest BCUT2D eigenvalue weighted by molar-refractivity contribution is 7.92. The van der Waals surface area contributed by atoms with E-state index in [0.717, 1.165) is 23.1 Å². The van der Waals surface area contributed by atoms with Gasteiger partial charge in [0.25, 0.3) is 0 Å². The van der Waals surface area contributed by atoms with Crippen molar-refractivity contribution in [2.45, 2.75) is 18.4 Å². The van der Waals surface area contributed by atoms with Crippen molar-refractivity contribution in [1.82, 2.24) is 0 Å². The normalized spacial score (nSPS) is 16.7. The molecule has 0 aliphatic carbocycles. The predicted octanol–water partition coefficient (Wildman–Crippen LogP) is 4.77. The molecule has 8 heteroatoms. The van der Waals surface area contributed by atoms with E-state index in [9.17, 15) is 13.2 Å². The molecule has 0 saturated carbocycles. The molecule has 2 heterocycles. The van der Waals surface area contributed by atoms with Gasteiger partial charge in [-0.3, -0.25) is 9.52 Å². The average Bonchev–Trinajstić information content (AvgIpc) is 2.88. The molecule has 182 valence electrons. The zero-order valence-electron chi connectivity index (χ0n) is 19.8. The maximum absolute atomic E-state index is 13.3. The van der Waals surface area contributed by atoms with Crippen LogP contribution >= 0.6 is 0 Å². The van der Waals surface area contributed by atoms with E-state index >= 15 is 0 Å². The lowest BCUT2D eigenvalue weighted by Gasteiger charge is -2.46. The summed E-state index contributed by atoms with van der Waals surface area (Å²) in [4.78, 5) is 15.5. The molecule has 0 bridgehead atoms.